The van der Waals surface area contributed by atoms with E-state index in [0.717, 1.165) is 4.85 Å². The Labute approximate surface area is 73.0 Å². The molecule has 68 valence electrons. The third-order valence-corrected chi connectivity index (χ3v) is 1.49. The van der Waals surface area contributed by atoms with Gasteiger partial charge in [-0.1, -0.05) is 9.94 Å². The van der Waals surface area contributed by atoms with Gasteiger partial charge in [-0.2, -0.15) is 0 Å². The fourth-order valence-corrected chi connectivity index (χ4v) is 0.918. The molecule has 1 aliphatic rings. The average molecular weight is 182 g/mol. The molecule has 1 aromatic heterocycles. The maximum atomic E-state index is 11.0. The maximum Gasteiger partial charge on any atom is 0.335 e. The van der Waals surface area contributed by atoms with Crippen molar-refractivity contribution in [1.29, 1.82) is 0 Å². The van der Waals surface area contributed by atoms with Crippen LogP contribution in [0.2, 0.25) is 0 Å². The van der Waals surface area contributed by atoms with Crippen molar-refractivity contribution in [2.24, 2.45) is 0 Å². The number of nitrogens with zero attached hydrogens (tertiary/aromatic N) is 2. The van der Waals surface area contributed by atoms with Gasteiger partial charge in [0.2, 0.25) is 5.88 Å². The molecule has 0 aromatic carbocycles. The van der Waals surface area contributed by atoms with E-state index < -0.39 is 11.9 Å². The number of rotatable bonds is 0. The molecule has 13 heavy (non-hydrogen) atoms. The van der Waals surface area contributed by atoms with Gasteiger partial charge in [-0.3, -0.25) is 4.79 Å². The van der Waals surface area contributed by atoms with Gasteiger partial charge < -0.3 is 9.57 Å². The summed E-state index contributed by atoms with van der Waals surface area (Å²) in [4.78, 5) is 27.6. The van der Waals surface area contributed by atoms with Gasteiger partial charge in [0.25, 0.3) is 0 Å². The highest BCUT2D eigenvalue weighted by Crippen LogP contribution is 2.08. The van der Waals surface area contributed by atoms with Gasteiger partial charge in [-0.05, 0) is 0 Å². The van der Waals surface area contributed by atoms with E-state index >= 15 is 0 Å². The van der Waals surface area contributed by atoms with E-state index in [9.17, 15) is 9.59 Å². The van der Waals surface area contributed by atoms with Crippen LogP contribution in [0.3, 0.4) is 0 Å². The minimum Gasteiger partial charge on any atom is -0.406 e. The summed E-state index contributed by atoms with van der Waals surface area (Å²) in [5, 5.41) is 3.66. The Morgan fingerprint density at radius 1 is 1.31 bits per heavy atom. The van der Waals surface area contributed by atoms with Crippen LogP contribution in [0, 0.1) is 0 Å². The molecule has 0 saturated carbocycles. The fourth-order valence-electron chi connectivity index (χ4n) is 0.918. The summed E-state index contributed by atoms with van der Waals surface area (Å²) < 4.78 is 4.76. The Balaban J connectivity index is 2.28. The minimum absolute atomic E-state index is 0.00593. The minimum atomic E-state index is -0.506. The van der Waals surface area contributed by atoms with Gasteiger partial charge in [-0.25, -0.2) is 4.79 Å². The number of carbonyl (C=O) groups is 2. The van der Waals surface area contributed by atoms with Crippen LogP contribution in [0.1, 0.15) is 12.8 Å². The van der Waals surface area contributed by atoms with Gasteiger partial charge in [0.15, 0.2) is 0 Å². The lowest BCUT2D eigenvalue weighted by molar-refractivity contribution is -0.147. The Morgan fingerprint density at radius 2 is 2.08 bits per heavy atom. The maximum absolute atomic E-state index is 11.0. The second-order valence-corrected chi connectivity index (χ2v) is 2.49. The van der Waals surface area contributed by atoms with E-state index in [1.807, 2.05) is 0 Å². The molecule has 0 aliphatic carbocycles. The lowest BCUT2D eigenvalue weighted by atomic mass is 10.3. The summed E-state index contributed by atoms with van der Waals surface area (Å²) in [7, 11) is 0. The standard InChI is InChI=1S/C7H6N2O4/c10-6-1-2-7(11)13-9-4-3-5(8-9)12-6/h3-4H,1-2H2. The monoisotopic (exact) mass is 182 g/mol. The molecule has 0 unspecified atom stereocenters. The van der Waals surface area contributed by atoms with E-state index in [4.69, 9.17) is 9.57 Å². The molecule has 1 aliphatic heterocycles. The molecule has 0 saturated heterocycles. The normalized spacial score (nSPS) is 16.6. The van der Waals surface area contributed by atoms with Crippen molar-refractivity contribution in [1.82, 2.24) is 9.94 Å². The van der Waals surface area contributed by atoms with E-state index in [-0.39, 0.29) is 18.7 Å². The molecular weight excluding hydrogens is 176 g/mol. The molecule has 0 fully saturated rings. The largest absolute Gasteiger partial charge is 0.406 e. The van der Waals surface area contributed by atoms with E-state index in [0.29, 0.717) is 0 Å². The second kappa shape index (κ2) is 2.89. The third kappa shape index (κ3) is 1.66. The van der Waals surface area contributed by atoms with Crippen LogP contribution >= 0.6 is 0 Å². The number of hydrogen-bond donors (Lipinski definition) is 0. The van der Waals surface area contributed by atoms with E-state index in [2.05, 4.69) is 5.10 Å². The van der Waals surface area contributed by atoms with Crippen LogP contribution in [0.25, 0.3) is 0 Å². The molecule has 1 aromatic rings. The zero-order valence-electron chi connectivity index (χ0n) is 6.60. The molecule has 6 heteroatoms. The molecule has 6 nitrogen and oxygen atoms in total. The first kappa shape index (κ1) is 7.78. The van der Waals surface area contributed by atoms with Crippen LogP contribution in [0.4, 0.5) is 0 Å². The highest BCUT2D eigenvalue weighted by molar-refractivity contribution is 5.79. The molecule has 2 bridgehead atoms. The Morgan fingerprint density at radius 3 is 2.92 bits per heavy atom. The smallest absolute Gasteiger partial charge is 0.335 e. The molecule has 2 heterocycles. The summed E-state index contributed by atoms with van der Waals surface area (Å²) in [6.45, 7) is 0. The predicted octanol–water partition coefficient (Wildman–Crippen LogP) is -0.463. The van der Waals surface area contributed by atoms with Gasteiger partial charge in [0.05, 0.1) is 19.0 Å². The molecule has 0 radical (unpaired) electrons. The molecule has 0 spiro atoms. The van der Waals surface area contributed by atoms with Crippen molar-refractivity contribution in [3.63, 3.8) is 0 Å². The van der Waals surface area contributed by atoms with Crippen molar-refractivity contribution in [3.8, 4) is 5.88 Å². The van der Waals surface area contributed by atoms with Gasteiger partial charge in [0, 0.05) is 6.07 Å². The molecule has 0 amide bonds. The summed E-state index contributed by atoms with van der Waals surface area (Å²) in [6.07, 6.45) is 1.41. The predicted molar refractivity (Wildman–Crippen MR) is 38.7 cm³/mol. The topological polar surface area (TPSA) is 70.4 Å². The van der Waals surface area contributed by atoms with E-state index in [1.54, 1.807) is 0 Å². The summed E-state index contributed by atoms with van der Waals surface area (Å²) in [6, 6.07) is 1.44. The number of carbonyl (C=O) groups excluding carboxylic acids is 2. The quantitative estimate of drug-likeness (QED) is 0.507. The first-order chi connectivity index (χ1) is 6.24. The number of aromatic nitrogens is 2. The van der Waals surface area contributed by atoms with Crippen molar-refractivity contribution in [2.75, 3.05) is 0 Å². The van der Waals surface area contributed by atoms with Crippen LogP contribution in [0.5, 0.6) is 5.88 Å². The van der Waals surface area contributed by atoms with Gasteiger partial charge >= 0.3 is 11.9 Å². The van der Waals surface area contributed by atoms with Crippen LogP contribution in [-0.2, 0) is 9.59 Å². The summed E-state index contributed by atoms with van der Waals surface area (Å²) >= 11 is 0. The number of hydrogen-bond acceptors (Lipinski definition) is 5. The Bertz CT molecular complexity index is 325. The Hall–Kier alpha value is -1.85. The summed E-state index contributed by atoms with van der Waals surface area (Å²) in [5.41, 5.74) is 0. The van der Waals surface area contributed by atoms with Crippen molar-refractivity contribution >= 4 is 11.9 Å². The van der Waals surface area contributed by atoms with Crippen LogP contribution in [0.15, 0.2) is 12.3 Å². The lowest BCUT2D eigenvalue weighted by Crippen LogP contribution is -2.19. The van der Waals surface area contributed by atoms with Crippen LogP contribution < -0.4 is 9.57 Å². The van der Waals surface area contributed by atoms with Crippen molar-refractivity contribution in [2.45, 2.75) is 12.8 Å². The Kier molecular flexibility index (Phi) is 1.73. The molecule has 0 N–H and O–H groups in total. The number of ether oxygens (including phenoxy) is 1. The number of esters is 1. The highest BCUT2D eigenvalue weighted by atomic mass is 16.7. The van der Waals surface area contributed by atoms with E-state index in [1.165, 1.54) is 12.3 Å². The molecule has 2 rings (SSSR count). The zero-order valence-corrected chi connectivity index (χ0v) is 6.60. The highest BCUT2D eigenvalue weighted by Gasteiger charge is 2.15. The van der Waals surface area contributed by atoms with Gasteiger partial charge in [0.1, 0.15) is 0 Å². The van der Waals surface area contributed by atoms with Crippen molar-refractivity contribution < 1.29 is 19.2 Å². The third-order valence-electron chi connectivity index (χ3n) is 1.49. The number of fused-ring (bicyclic) bond motifs is 2. The zero-order chi connectivity index (χ0) is 9.26. The van der Waals surface area contributed by atoms with Crippen LogP contribution in [-0.4, -0.2) is 21.9 Å². The van der Waals surface area contributed by atoms with Crippen molar-refractivity contribution in [3.05, 3.63) is 12.3 Å². The van der Waals surface area contributed by atoms with Gasteiger partial charge in [-0.15, -0.1) is 0 Å². The SMILES string of the molecule is O=C1CCC(=O)On2ccc(n2)O1. The lowest BCUT2D eigenvalue weighted by Gasteiger charge is -1.99. The first-order valence-corrected chi connectivity index (χ1v) is 3.71. The molecular formula is C7H6N2O4. The molecule has 0 atom stereocenters. The fraction of sp³-hybridized carbons (Fsp3) is 0.286. The summed E-state index contributed by atoms with van der Waals surface area (Å²) in [5.74, 6) is -0.850. The first-order valence-electron chi connectivity index (χ1n) is 3.71. The second-order valence-electron chi connectivity index (χ2n) is 2.49. The average Bonchev–Trinajstić information content (AvgIpc) is 2.50.